The number of likely N-dealkylation sites (tertiary alicyclic amines) is 1. The molecule has 1 unspecified atom stereocenters. The first-order chi connectivity index (χ1) is 14.1. The minimum absolute atomic E-state index is 0.0282. The van der Waals surface area contributed by atoms with Crippen molar-refractivity contribution < 1.29 is 9.15 Å². The van der Waals surface area contributed by atoms with Gasteiger partial charge in [0.25, 0.3) is 0 Å². The number of nitrogens with zero attached hydrogens (tertiary/aromatic N) is 4. The van der Waals surface area contributed by atoms with Crippen molar-refractivity contribution in [1.29, 1.82) is 0 Å². The van der Waals surface area contributed by atoms with Crippen molar-refractivity contribution in [2.24, 2.45) is 0 Å². The number of aromatic nitrogens is 3. The minimum atomic E-state index is 0.0282. The Morgan fingerprint density at radius 2 is 2.17 bits per heavy atom. The Kier molecular flexibility index (Phi) is 6.47. The molecule has 0 spiro atoms. The van der Waals surface area contributed by atoms with E-state index in [2.05, 4.69) is 54.7 Å². The van der Waals surface area contributed by atoms with Gasteiger partial charge in [-0.1, -0.05) is 39.7 Å². The lowest BCUT2D eigenvalue weighted by molar-refractivity contribution is 0.0281. The van der Waals surface area contributed by atoms with E-state index >= 15 is 0 Å². The third-order valence-electron chi connectivity index (χ3n) is 5.16. The highest BCUT2D eigenvalue weighted by molar-refractivity contribution is 9.11. The van der Waals surface area contributed by atoms with Gasteiger partial charge < -0.3 is 14.1 Å². The summed E-state index contributed by atoms with van der Waals surface area (Å²) in [6, 6.07) is 3.53. The molecule has 4 rings (SSSR count). The van der Waals surface area contributed by atoms with Crippen molar-refractivity contribution in [3.8, 4) is 11.5 Å². The SMILES string of the molecule is C=CCOC1CCN(C2=CC(Br)=CCC2c2nnc(-c3ccnc(Cl)c3)o2)CC1. The molecule has 1 atom stereocenters. The predicted molar refractivity (Wildman–Crippen MR) is 116 cm³/mol. The maximum Gasteiger partial charge on any atom is 0.247 e. The van der Waals surface area contributed by atoms with Gasteiger partial charge in [-0.05, 0) is 37.5 Å². The minimum Gasteiger partial charge on any atom is -0.420 e. The van der Waals surface area contributed by atoms with Crippen LogP contribution in [0.2, 0.25) is 5.15 Å². The first-order valence-corrected chi connectivity index (χ1v) is 10.8. The maximum atomic E-state index is 6.04. The second kappa shape index (κ2) is 9.24. The number of hydrogen-bond acceptors (Lipinski definition) is 6. The van der Waals surface area contributed by atoms with Crippen molar-refractivity contribution >= 4 is 27.5 Å². The third kappa shape index (κ3) is 4.79. The summed E-state index contributed by atoms with van der Waals surface area (Å²) in [5.74, 6) is 1.09. The number of piperidine rings is 1. The average molecular weight is 478 g/mol. The maximum absolute atomic E-state index is 6.04. The van der Waals surface area contributed by atoms with Crippen LogP contribution in [-0.2, 0) is 4.74 Å². The first kappa shape index (κ1) is 20.3. The summed E-state index contributed by atoms with van der Waals surface area (Å²) in [5, 5.41) is 8.98. The molecule has 6 nitrogen and oxygen atoms in total. The summed E-state index contributed by atoms with van der Waals surface area (Å²) < 4.78 is 12.9. The van der Waals surface area contributed by atoms with E-state index in [4.69, 9.17) is 20.8 Å². The topological polar surface area (TPSA) is 64.3 Å². The zero-order chi connectivity index (χ0) is 20.2. The summed E-state index contributed by atoms with van der Waals surface area (Å²) >= 11 is 9.61. The molecule has 1 saturated heterocycles. The molecule has 3 heterocycles. The van der Waals surface area contributed by atoms with Crippen LogP contribution in [0.25, 0.3) is 11.5 Å². The molecule has 2 aliphatic rings. The molecule has 1 fully saturated rings. The van der Waals surface area contributed by atoms with Crippen LogP contribution in [-0.4, -0.2) is 45.9 Å². The smallest absolute Gasteiger partial charge is 0.247 e. The van der Waals surface area contributed by atoms with Crippen LogP contribution in [0, 0.1) is 0 Å². The van der Waals surface area contributed by atoms with Crippen molar-refractivity contribution in [3.05, 3.63) is 64.4 Å². The second-order valence-electron chi connectivity index (χ2n) is 7.07. The summed E-state index contributed by atoms with van der Waals surface area (Å²) in [4.78, 5) is 6.40. The fourth-order valence-corrected chi connectivity index (χ4v) is 4.30. The van der Waals surface area contributed by atoms with Crippen LogP contribution in [0.4, 0.5) is 0 Å². The molecule has 0 N–H and O–H groups in total. The molecule has 2 aromatic heterocycles. The van der Waals surface area contributed by atoms with Crippen LogP contribution in [0.5, 0.6) is 0 Å². The Morgan fingerprint density at radius 3 is 2.93 bits per heavy atom. The zero-order valence-corrected chi connectivity index (χ0v) is 18.3. The Morgan fingerprint density at radius 1 is 1.34 bits per heavy atom. The lowest BCUT2D eigenvalue weighted by atomic mass is 9.93. The standard InChI is InChI=1S/C21H22BrClN4O2/c1-2-11-28-16-6-9-27(10-7-16)18-13-15(22)3-4-17(18)21-26-25-20(29-21)14-5-8-24-19(23)12-14/h2-3,5,8,12-13,16-17H,1,4,6-7,9-11H2. The quantitative estimate of drug-likeness (QED) is 0.426. The van der Waals surface area contributed by atoms with Gasteiger partial charge >= 0.3 is 0 Å². The van der Waals surface area contributed by atoms with E-state index < -0.39 is 0 Å². The van der Waals surface area contributed by atoms with Crippen LogP contribution in [0.15, 0.2) is 57.7 Å². The normalized spacial score (nSPS) is 20.3. The Hall–Kier alpha value is -1.96. The summed E-state index contributed by atoms with van der Waals surface area (Å²) in [7, 11) is 0. The fourth-order valence-electron chi connectivity index (χ4n) is 3.70. The molecule has 0 bridgehead atoms. The van der Waals surface area contributed by atoms with Gasteiger partial charge in [0, 0.05) is 35.0 Å². The Bertz CT molecular complexity index is 934. The van der Waals surface area contributed by atoms with E-state index in [1.807, 2.05) is 6.07 Å². The highest BCUT2D eigenvalue weighted by Gasteiger charge is 2.31. The molecule has 2 aromatic rings. The molecule has 1 aliphatic carbocycles. The van der Waals surface area contributed by atoms with Gasteiger partial charge in [-0.15, -0.1) is 16.8 Å². The van der Waals surface area contributed by atoms with Crippen LogP contribution >= 0.6 is 27.5 Å². The summed E-state index contributed by atoms with van der Waals surface area (Å²) in [5.41, 5.74) is 1.96. The first-order valence-electron chi connectivity index (χ1n) is 9.64. The number of rotatable bonds is 6. The molecule has 0 saturated carbocycles. The van der Waals surface area contributed by atoms with E-state index in [9.17, 15) is 0 Å². The average Bonchev–Trinajstić information content (AvgIpc) is 3.23. The lowest BCUT2D eigenvalue weighted by Crippen LogP contribution is -2.38. The molecular formula is C21H22BrClN4O2. The highest BCUT2D eigenvalue weighted by atomic mass is 79.9. The van der Waals surface area contributed by atoms with Crippen molar-refractivity contribution in [2.45, 2.75) is 31.3 Å². The Labute approximate surface area is 183 Å². The summed E-state index contributed by atoms with van der Waals surface area (Å²) in [6.07, 6.45) is 10.8. The fraction of sp³-hybridized carbons (Fsp3) is 0.381. The van der Waals surface area contributed by atoms with Gasteiger partial charge in [-0.25, -0.2) is 4.98 Å². The van der Waals surface area contributed by atoms with E-state index in [0.29, 0.717) is 23.5 Å². The van der Waals surface area contributed by atoms with Gasteiger partial charge in [0.1, 0.15) is 5.15 Å². The van der Waals surface area contributed by atoms with E-state index in [1.165, 1.54) is 5.70 Å². The molecule has 0 amide bonds. The highest BCUT2D eigenvalue weighted by Crippen LogP contribution is 2.38. The van der Waals surface area contributed by atoms with Crippen molar-refractivity contribution in [2.75, 3.05) is 19.7 Å². The van der Waals surface area contributed by atoms with E-state index in [1.54, 1.807) is 18.3 Å². The monoisotopic (exact) mass is 476 g/mol. The molecule has 8 heteroatoms. The number of pyridine rings is 1. The molecule has 1 aliphatic heterocycles. The van der Waals surface area contributed by atoms with Crippen LogP contribution in [0.3, 0.4) is 0 Å². The second-order valence-corrected chi connectivity index (χ2v) is 8.37. The van der Waals surface area contributed by atoms with E-state index in [-0.39, 0.29) is 12.0 Å². The predicted octanol–water partition coefficient (Wildman–Crippen LogP) is 5.10. The van der Waals surface area contributed by atoms with Crippen LogP contribution < -0.4 is 0 Å². The van der Waals surface area contributed by atoms with Gasteiger partial charge in [-0.3, -0.25) is 0 Å². The Balaban J connectivity index is 1.52. The lowest BCUT2D eigenvalue weighted by Gasteiger charge is -2.38. The van der Waals surface area contributed by atoms with Gasteiger partial charge in [-0.2, -0.15) is 0 Å². The molecule has 152 valence electrons. The van der Waals surface area contributed by atoms with Crippen molar-refractivity contribution in [3.63, 3.8) is 0 Å². The number of ether oxygens (including phenoxy) is 1. The third-order valence-corrected chi connectivity index (χ3v) is 5.92. The zero-order valence-electron chi connectivity index (χ0n) is 15.9. The van der Waals surface area contributed by atoms with Gasteiger partial charge in [0.05, 0.1) is 18.6 Å². The number of allylic oxidation sites excluding steroid dienone is 4. The molecule has 0 aromatic carbocycles. The summed E-state index contributed by atoms with van der Waals surface area (Å²) in [6.45, 7) is 6.20. The van der Waals surface area contributed by atoms with Gasteiger partial charge in [0.2, 0.25) is 11.8 Å². The van der Waals surface area contributed by atoms with E-state index in [0.717, 1.165) is 42.4 Å². The number of hydrogen-bond donors (Lipinski definition) is 0. The van der Waals surface area contributed by atoms with Crippen molar-refractivity contribution in [1.82, 2.24) is 20.1 Å². The number of halogens is 2. The van der Waals surface area contributed by atoms with Gasteiger partial charge in [0.15, 0.2) is 0 Å². The molecular weight excluding hydrogens is 456 g/mol. The largest absolute Gasteiger partial charge is 0.420 e. The van der Waals surface area contributed by atoms with Crippen LogP contribution in [0.1, 0.15) is 31.1 Å². The molecule has 29 heavy (non-hydrogen) atoms. The molecule has 0 radical (unpaired) electrons.